The van der Waals surface area contributed by atoms with Crippen molar-refractivity contribution in [3.05, 3.63) is 21.6 Å². The molecule has 1 rings (SSSR count). The first-order valence-electron chi connectivity index (χ1n) is 5.81. The van der Waals surface area contributed by atoms with E-state index < -0.39 is 0 Å². The third-order valence-electron chi connectivity index (χ3n) is 2.36. The average Bonchev–Trinajstić information content (AvgIpc) is 2.34. The van der Waals surface area contributed by atoms with Crippen molar-refractivity contribution in [2.75, 3.05) is 18.5 Å². The van der Waals surface area contributed by atoms with Crippen LogP contribution in [0.2, 0.25) is 5.02 Å². The minimum Gasteiger partial charge on any atom is -0.396 e. The molecule has 1 aromatic rings. The number of aryl methyl sites for hydroxylation is 1. The number of rotatable bonds is 7. The Morgan fingerprint density at radius 1 is 1.53 bits per heavy atom. The van der Waals surface area contributed by atoms with Gasteiger partial charge in [-0.3, -0.25) is 4.79 Å². The number of hydrogen-bond acceptors (Lipinski definition) is 4. The number of aliphatic hydroxyl groups excluding tert-OH is 1. The number of aromatic nitrogens is 2. The van der Waals surface area contributed by atoms with E-state index in [0.717, 1.165) is 12.8 Å². The second-order valence-electron chi connectivity index (χ2n) is 3.76. The Kier molecular flexibility index (Phi) is 6.00. The monoisotopic (exact) mass is 259 g/mol. The van der Waals surface area contributed by atoms with Gasteiger partial charge in [0.15, 0.2) is 0 Å². The summed E-state index contributed by atoms with van der Waals surface area (Å²) in [4.78, 5) is 11.8. The van der Waals surface area contributed by atoms with Crippen LogP contribution in [0.4, 0.5) is 5.69 Å². The molecule has 17 heavy (non-hydrogen) atoms. The Morgan fingerprint density at radius 2 is 2.29 bits per heavy atom. The van der Waals surface area contributed by atoms with Crippen molar-refractivity contribution in [1.29, 1.82) is 0 Å². The zero-order valence-corrected chi connectivity index (χ0v) is 10.7. The van der Waals surface area contributed by atoms with Crippen LogP contribution in [0.3, 0.4) is 0 Å². The Morgan fingerprint density at radius 3 is 2.94 bits per heavy atom. The molecule has 0 radical (unpaired) electrons. The van der Waals surface area contributed by atoms with E-state index in [9.17, 15) is 4.79 Å². The lowest BCUT2D eigenvalue weighted by atomic mass is 10.3. The van der Waals surface area contributed by atoms with Crippen LogP contribution >= 0.6 is 11.6 Å². The van der Waals surface area contributed by atoms with Crippen molar-refractivity contribution < 1.29 is 5.11 Å². The molecule has 0 aromatic carbocycles. The van der Waals surface area contributed by atoms with Gasteiger partial charge in [0.25, 0.3) is 5.56 Å². The van der Waals surface area contributed by atoms with Gasteiger partial charge in [-0.05, 0) is 12.8 Å². The van der Waals surface area contributed by atoms with Crippen LogP contribution in [0, 0.1) is 0 Å². The highest BCUT2D eigenvalue weighted by Crippen LogP contribution is 2.14. The fraction of sp³-hybridized carbons (Fsp3) is 0.636. The number of hydrogen-bond donors (Lipinski definition) is 2. The zero-order chi connectivity index (χ0) is 12.7. The second kappa shape index (κ2) is 7.29. The quantitative estimate of drug-likeness (QED) is 0.728. The molecule has 0 saturated heterocycles. The molecular weight excluding hydrogens is 242 g/mol. The molecule has 0 aliphatic carbocycles. The van der Waals surface area contributed by atoms with Gasteiger partial charge in [-0.15, -0.1) is 0 Å². The Hall–Kier alpha value is -1.07. The van der Waals surface area contributed by atoms with Gasteiger partial charge in [-0.2, -0.15) is 5.10 Å². The molecular formula is C11H18ClN3O2. The summed E-state index contributed by atoms with van der Waals surface area (Å²) >= 11 is 5.96. The van der Waals surface area contributed by atoms with Crippen molar-refractivity contribution >= 4 is 17.3 Å². The summed E-state index contributed by atoms with van der Waals surface area (Å²) in [5.74, 6) is 0. The van der Waals surface area contributed by atoms with Gasteiger partial charge >= 0.3 is 0 Å². The first-order chi connectivity index (χ1) is 8.20. The zero-order valence-electron chi connectivity index (χ0n) is 9.95. The molecule has 0 aliphatic heterocycles. The number of aliphatic hydroxyl groups is 1. The Labute approximate surface area is 105 Å². The predicted octanol–water partition coefficient (Wildman–Crippen LogP) is 1.49. The van der Waals surface area contributed by atoms with E-state index in [1.165, 1.54) is 4.68 Å². The summed E-state index contributed by atoms with van der Waals surface area (Å²) in [5, 5.41) is 15.8. The molecule has 0 aliphatic rings. The van der Waals surface area contributed by atoms with Gasteiger partial charge in [0.05, 0.1) is 11.9 Å². The standard InChI is InChI=1S/C11H18ClN3O2/c1-2-3-6-15-11(17)10(12)9(8-14-15)13-5-4-7-16/h8,13,16H,2-7H2,1H3. The van der Waals surface area contributed by atoms with E-state index in [-0.39, 0.29) is 17.2 Å². The van der Waals surface area contributed by atoms with E-state index in [4.69, 9.17) is 16.7 Å². The molecule has 5 nitrogen and oxygen atoms in total. The number of nitrogens with zero attached hydrogens (tertiary/aromatic N) is 2. The fourth-order valence-corrected chi connectivity index (χ4v) is 1.57. The first-order valence-corrected chi connectivity index (χ1v) is 6.18. The van der Waals surface area contributed by atoms with Crippen molar-refractivity contribution in [2.45, 2.75) is 32.7 Å². The lowest BCUT2D eigenvalue weighted by molar-refractivity contribution is 0.292. The third-order valence-corrected chi connectivity index (χ3v) is 2.72. The molecule has 0 amide bonds. The maximum Gasteiger partial charge on any atom is 0.287 e. The number of halogens is 1. The van der Waals surface area contributed by atoms with Gasteiger partial charge in [-0.25, -0.2) is 4.68 Å². The van der Waals surface area contributed by atoms with Crippen LogP contribution in [0.1, 0.15) is 26.2 Å². The molecule has 1 heterocycles. The number of nitrogens with one attached hydrogen (secondary N) is 1. The highest BCUT2D eigenvalue weighted by Gasteiger charge is 2.08. The van der Waals surface area contributed by atoms with Crippen molar-refractivity contribution in [3.63, 3.8) is 0 Å². The van der Waals surface area contributed by atoms with Gasteiger partial charge in [0, 0.05) is 19.7 Å². The second-order valence-corrected chi connectivity index (χ2v) is 4.14. The molecule has 0 atom stereocenters. The van der Waals surface area contributed by atoms with Crippen LogP contribution in [0.15, 0.2) is 11.0 Å². The fourth-order valence-electron chi connectivity index (χ4n) is 1.36. The lowest BCUT2D eigenvalue weighted by Gasteiger charge is -2.09. The van der Waals surface area contributed by atoms with Crippen molar-refractivity contribution in [3.8, 4) is 0 Å². The molecule has 6 heteroatoms. The predicted molar refractivity (Wildman–Crippen MR) is 68.6 cm³/mol. The summed E-state index contributed by atoms with van der Waals surface area (Å²) in [5.41, 5.74) is 0.256. The number of unbranched alkanes of at least 4 members (excludes halogenated alkanes) is 1. The van der Waals surface area contributed by atoms with E-state index in [1.54, 1.807) is 6.20 Å². The van der Waals surface area contributed by atoms with E-state index in [0.29, 0.717) is 25.2 Å². The van der Waals surface area contributed by atoms with Crippen molar-refractivity contribution in [2.24, 2.45) is 0 Å². The lowest BCUT2D eigenvalue weighted by Crippen LogP contribution is -2.24. The van der Waals surface area contributed by atoms with Gasteiger partial charge in [0.1, 0.15) is 5.02 Å². The summed E-state index contributed by atoms with van der Waals surface area (Å²) in [6, 6.07) is 0. The first kappa shape index (κ1) is 14.0. The van der Waals surface area contributed by atoms with Crippen LogP contribution in [-0.4, -0.2) is 28.0 Å². The minimum atomic E-state index is -0.269. The van der Waals surface area contributed by atoms with Gasteiger partial charge in [0.2, 0.25) is 0 Å². The molecule has 0 spiro atoms. The summed E-state index contributed by atoms with van der Waals surface area (Å²) in [6.07, 6.45) is 4.06. The summed E-state index contributed by atoms with van der Waals surface area (Å²) < 4.78 is 1.38. The van der Waals surface area contributed by atoms with Crippen molar-refractivity contribution in [1.82, 2.24) is 9.78 Å². The normalized spacial score (nSPS) is 10.5. The number of anilines is 1. The summed E-state index contributed by atoms with van der Waals surface area (Å²) in [6.45, 7) is 3.31. The van der Waals surface area contributed by atoms with Gasteiger partial charge in [-0.1, -0.05) is 24.9 Å². The largest absolute Gasteiger partial charge is 0.396 e. The molecule has 96 valence electrons. The molecule has 2 N–H and O–H groups in total. The topological polar surface area (TPSA) is 67.2 Å². The SMILES string of the molecule is CCCCn1ncc(NCCCO)c(Cl)c1=O. The molecule has 0 unspecified atom stereocenters. The molecule has 0 fully saturated rings. The summed E-state index contributed by atoms with van der Waals surface area (Å²) in [7, 11) is 0. The third kappa shape index (κ3) is 4.02. The maximum atomic E-state index is 11.8. The van der Waals surface area contributed by atoms with Crippen LogP contribution in [0.25, 0.3) is 0 Å². The maximum absolute atomic E-state index is 11.8. The Bertz CT molecular complexity index is 406. The van der Waals surface area contributed by atoms with Crippen LogP contribution < -0.4 is 10.9 Å². The highest BCUT2D eigenvalue weighted by molar-refractivity contribution is 6.32. The minimum absolute atomic E-state index is 0.103. The van der Waals surface area contributed by atoms with E-state index >= 15 is 0 Å². The smallest absolute Gasteiger partial charge is 0.287 e. The average molecular weight is 260 g/mol. The molecule has 0 saturated carbocycles. The molecule has 1 aromatic heterocycles. The van der Waals surface area contributed by atoms with E-state index in [2.05, 4.69) is 17.3 Å². The van der Waals surface area contributed by atoms with Gasteiger partial charge < -0.3 is 10.4 Å². The Balaban J connectivity index is 2.76. The van der Waals surface area contributed by atoms with Crippen LogP contribution in [-0.2, 0) is 6.54 Å². The van der Waals surface area contributed by atoms with Crippen LogP contribution in [0.5, 0.6) is 0 Å². The molecule has 0 bridgehead atoms. The van der Waals surface area contributed by atoms with E-state index in [1.807, 2.05) is 0 Å². The highest BCUT2D eigenvalue weighted by atomic mass is 35.5.